The molecule has 0 radical (unpaired) electrons. The summed E-state index contributed by atoms with van der Waals surface area (Å²) in [6.45, 7) is 2.36. The molecule has 1 unspecified atom stereocenters. The first kappa shape index (κ1) is 9.93. The summed E-state index contributed by atoms with van der Waals surface area (Å²) < 4.78 is 14.0. The van der Waals surface area contributed by atoms with Crippen LogP contribution in [0, 0.1) is 0 Å². The standard InChI is InChI=1S/C9H19FN2/c1-12(2)8-9(10)4-3-6-11-7-5-9/h11H,3-8H2,1-2H3. The average Bonchev–Trinajstić information content (AvgIpc) is 2.12. The minimum atomic E-state index is -0.951. The van der Waals surface area contributed by atoms with E-state index in [0.29, 0.717) is 19.4 Å². The maximum atomic E-state index is 14.0. The number of nitrogens with one attached hydrogen (secondary N) is 1. The second-order valence-electron chi connectivity index (χ2n) is 3.99. The normalized spacial score (nSPS) is 32.0. The van der Waals surface area contributed by atoms with Crippen LogP contribution >= 0.6 is 0 Å². The van der Waals surface area contributed by atoms with E-state index in [9.17, 15) is 4.39 Å². The van der Waals surface area contributed by atoms with E-state index in [1.807, 2.05) is 19.0 Å². The van der Waals surface area contributed by atoms with E-state index in [4.69, 9.17) is 0 Å². The minimum absolute atomic E-state index is 0.564. The third-order valence-electron chi connectivity index (χ3n) is 2.33. The Kier molecular flexibility index (Phi) is 3.47. The van der Waals surface area contributed by atoms with Gasteiger partial charge in [0.1, 0.15) is 5.67 Å². The van der Waals surface area contributed by atoms with Crippen LogP contribution in [-0.4, -0.2) is 44.3 Å². The molecule has 1 aliphatic rings. The number of halogens is 1. The van der Waals surface area contributed by atoms with Gasteiger partial charge in [-0.25, -0.2) is 4.39 Å². The monoisotopic (exact) mass is 174 g/mol. The molecule has 1 aliphatic heterocycles. The lowest BCUT2D eigenvalue weighted by Crippen LogP contribution is -2.36. The Bertz CT molecular complexity index is 128. The van der Waals surface area contributed by atoms with Gasteiger partial charge in [0, 0.05) is 6.54 Å². The Morgan fingerprint density at radius 3 is 2.75 bits per heavy atom. The van der Waals surface area contributed by atoms with E-state index in [-0.39, 0.29) is 0 Å². The maximum absolute atomic E-state index is 14.0. The lowest BCUT2D eigenvalue weighted by Gasteiger charge is -2.26. The molecule has 0 aromatic heterocycles. The molecule has 0 spiro atoms. The van der Waals surface area contributed by atoms with Crippen molar-refractivity contribution in [1.82, 2.24) is 10.2 Å². The van der Waals surface area contributed by atoms with Crippen molar-refractivity contribution in [2.45, 2.75) is 24.9 Å². The summed E-state index contributed by atoms with van der Waals surface area (Å²) in [5.74, 6) is 0. The van der Waals surface area contributed by atoms with Gasteiger partial charge in [-0.05, 0) is 46.4 Å². The Hall–Kier alpha value is -0.150. The number of nitrogens with zero attached hydrogens (tertiary/aromatic N) is 1. The lowest BCUT2D eigenvalue weighted by atomic mass is 9.96. The van der Waals surface area contributed by atoms with E-state index in [1.54, 1.807) is 0 Å². The van der Waals surface area contributed by atoms with Gasteiger partial charge in [0.25, 0.3) is 0 Å². The van der Waals surface area contributed by atoms with Crippen LogP contribution in [-0.2, 0) is 0 Å². The van der Waals surface area contributed by atoms with Gasteiger partial charge in [0.2, 0.25) is 0 Å². The number of hydrogen-bond acceptors (Lipinski definition) is 2. The zero-order valence-corrected chi connectivity index (χ0v) is 8.07. The van der Waals surface area contributed by atoms with Crippen molar-refractivity contribution in [3.63, 3.8) is 0 Å². The highest BCUT2D eigenvalue weighted by Gasteiger charge is 2.30. The van der Waals surface area contributed by atoms with Gasteiger partial charge < -0.3 is 10.2 Å². The quantitative estimate of drug-likeness (QED) is 0.672. The van der Waals surface area contributed by atoms with Crippen LogP contribution in [0.25, 0.3) is 0 Å². The maximum Gasteiger partial charge on any atom is 0.124 e. The summed E-state index contributed by atoms with van der Waals surface area (Å²) in [4.78, 5) is 1.94. The first-order valence-electron chi connectivity index (χ1n) is 4.67. The van der Waals surface area contributed by atoms with Crippen LogP contribution in [0.1, 0.15) is 19.3 Å². The van der Waals surface area contributed by atoms with E-state index in [0.717, 1.165) is 19.5 Å². The smallest absolute Gasteiger partial charge is 0.124 e. The minimum Gasteiger partial charge on any atom is -0.317 e. The molecule has 1 fully saturated rings. The second kappa shape index (κ2) is 4.19. The number of rotatable bonds is 2. The number of alkyl halides is 1. The van der Waals surface area contributed by atoms with Crippen molar-refractivity contribution in [3.05, 3.63) is 0 Å². The molecule has 1 rings (SSSR count). The van der Waals surface area contributed by atoms with Crippen LogP contribution < -0.4 is 5.32 Å². The fraction of sp³-hybridized carbons (Fsp3) is 1.00. The summed E-state index contributed by atoms with van der Waals surface area (Å²) in [6.07, 6.45) is 2.33. The third-order valence-corrected chi connectivity index (χ3v) is 2.33. The Morgan fingerprint density at radius 2 is 2.08 bits per heavy atom. The van der Waals surface area contributed by atoms with Gasteiger partial charge in [0.15, 0.2) is 0 Å². The van der Waals surface area contributed by atoms with Crippen LogP contribution in [0.3, 0.4) is 0 Å². The van der Waals surface area contributed by atoms with Gasteiger partial charge in [-0.15, -0.1) is 0 Å². The molecule has 0 bridgehead atoms. The van der Waals surface area contributed by atoms with Crippen molar-refractivity contribution in [2.24, 2.45) is 0 Å². The van der Waals surface area contributed by atoms with Crippen LogP contribution in [0.4, 0.5) is 4.39 Å². The largest absolute Gasteiger partial charge is 0.317 e. The van der Waals surface area contributed by atoms with E-state index < -0.39 is 5.67 Å². The van der Waals surface area contributed by atoms with Crippen LogP contribution in [0.5, 0.6) is 0 Å². The number of hydrogen-bond donors (Lipinski definition) is 1. The van der Waals surface area contributed by atoms with E-state index in [2.05, 4.69) is 5.32 Å². The van der Waals surface area contributed by atoms with Crippen molar-refractivity contribution < 1.29 is 4.39 Å². The lowest BCUT2D eigenvalue weighted by molar-refractivity contribution is 0.103. The van der Waals surface area contributed by atoms with Gasteiger partial charge in [-0.1, -0.05) is 0 Å². The topological polar surface area (TPSA) is 15.3 Å². The highest BCUT2D eigenvalue weighted by molar-refractivity contribution is 4.84. The highest BCUT2D eigenvalue weighted by atomic mass is 19.1. The molecule has 0 amide bonds. The predicted molar refractivity (Wildman–Crippen MR) is 49.1 cm³/mol. The Balaban J connectivity index is 2.42. The van der Waals surface area contributed by atoms with E-state index >= 15 is 0 Å². The molecule has 0 aliphatic carbocycles. The van der Waals surface area contributed by atoms with Crippen molar-refractivity contribution >= 4 is 0 Å². The molecule has 3 heteroatoms. The first-order chi connectivity index (χ1) is 5.62. The van der Waals surface area contributed by atoms with Crippen molar-refractivity contribution in [3.8, 4) is 0 Å². The van der Waals surface area contributed by atoms with Crippen molar-refractivity contribution in [1.29, 1.82) is 0 Å². The molecule has 0 aromatic carbocycles. The van der Waals surface area contributed by atoms with E-state index in [1.165, 1.54) is 0 Å². The van der Waals surface area contributed by atoms with Crippen LogP contribution in [0.15, 0.2) is 0 Å². The van der Waals surface area contributed by atoms with Crippen LogP contribution in [0.2, 0.25) is 0 Å². The molecule has 12 heavy (non-hydrogen) atoms. The van der Waals surface area contributed by atoms with Crippen molar-refractivity contribution in [2.75, 3.05) is 33.7 Å². The average molecular weight is 174 g/mol. The van der Waals surface area contributed by atoms with Gasteiger partial charge in [-0.2, -0.15) is 0 Å². The molecule has 1 heterocycles. The van der Waals surface area contributed by atoms with Gasteiger partial charge in [-0.3, -0.25) is 0 Å². The SMILES string of the molecule is CN(C)CC1(F)CCCNCC1. The second-order valence-corrected chi connectivity index (χ2v) is 3.99. The Morgan fingerprint density at radius 1 is 1.33 bits per heavy atom. The molecule has 2 nitrogen and oxygen atoms in total. The zero-order chi connectivity index (χ0) is 9.03. The Labute approximate surface area is 74.1 Å². The summed E-state index contributed by atoms with van der Waals surface area (Å²) in [5, 5.41) is 3.22. The molecule has 1 saturated heterocycles. The fourth-order valence-corrected chi connectivity index (χ4v) is 1.82. The fourth-order valence-electron chi connectivity index (χ4n) is 1.82. The third kappa shape index (κ3) is 3.07. The molecule has 0 saturated carbocycles. The molecule has 0 aromatic rings. The highest BCUT2D eigenvalue weighted by Crippen LogP contribution is 2.24. The zero-order valence-electron chi connectivity index (χ0n) is 8.07. The molecular formula is C9H19FN2. The summed E-state index contributed by atoms with van der Waals surface area (Å²) in [6, 6.07) is 0. The first-order valence-corrected chi connectivity index (χ1v) is 4.67. The summed E-state index contributed by atoms with van der Waals surface area (Å²) in [7, 11) is 3.86. The molecule has 1 atom stereocenters. The summed E-state index contributed by atoms with van der Waals surface area (Å²) >= 11 is 0. The van der Waals surface area contributed by atoms with Gasteiger partial charge >= 0.3 is 0 Å². The summed E-state index contributed by atoms with van der Waals surface area (Å²) in [5.41, 5.74) is -0.951. The molecule has 72 valence electrons. The van der Waals surface area contributed by atoms with Gasteiger partial charge in [0.05, 0.1) is 0 Å². The predicted octanol–water partition coefficient (Wildman–Crippen LogP) is 1.03. The molecular weight excluding hydrogens is 155 g/mol. The molecule has 1 N–H and O–H groups in total.